The standard InChI is InChI=1S/C13H19F3N2O/c1-9(8-19-2)7-12(18-17)10-3-5-11(6-4-10)13(14,15)16/h3-6,9,12,18H,7-8,17H2,1-2H3. The Labute approximate surface area is 110 Å². The summed E-state index contributed by atoms with van der Waals surface area (Å²) in [6.45, 7) is 2.58. The van der Waals surface area contributed by atoms with Crippen LogP contribution in [-0.4, -0.2) is 13.7 Å². The number of methoxy groups -OCH3 is 1. The molecule has 3 N–H and O–H groups in total. The average molecular weight is 276 g/mol. The Bertz CT molecular complexity index is 378. The Morgan fingerprint density at radius 3 is 2.26 bits per heavy atom. The van der Waals surface area contributed by atoms with Crippen LogP contribution in [0.3, 0.4) is 0 Å². The molecule has 108 valence electrons. The van der Waals surface area contributed by atoms with Gasteiger partial charge in [0.25, 0.3) is 0 Å². The van der Waals surface area contributed by atoms with E-state index < -0.39 is 11.7 Å². The van der Waals surface area contributed by atoms with E-state index in [0.717, 1.165) is 17.7 Å². The molecule has 0 amide bonds. The lowest BCUT2D eigenvalue weighted by Gasteiger charge is -2.20. The molecule has 0 saturated carbocycles. The Morgan fingerprint density at radius 2 is 1.84 bits per heavy atom. The van der Waals surface area contributed by atoms with Crippen molar-refractivity contribution in [2.45, 2.75) is 25.6 Å². The van der Waals surface area contributed by atoms with Crippen molar-refractivity contribution in [3.63, 3.8) is 0 Å². The van der Waals surface area contributed by atoms with E-state index in [0.29, 0.717) is 13.0 Å². The van der Waals surface area contributed by atoms with Gasteiger partial charge in [-0.15, -0.1) is 0 Å². The molecule has 3 nitrogen and oxygen atoms in total. The van der Waals surface area contributed by atoms with Gasteiger partial charge in [0.2, 0.25) is 0 Å². The minimum absolute atomic E-state index is 0.188. The van der Waals surface area contributed by atoms with E-state index in [1.165, 1.54) is 12.1 Å². The van der Waals surface area contributed by atoms with Crippen molar-refractivity contribution >= 4 is 0 Å². The normalized spacial score (nSPS) is 15.3. The number of nitrogens with two attached hydrogens (primary N) is 1. The van der Waals surface area contributed by atoms with Gasteiger partial charge in [0.1, 0.15) is 0 Å². The quantitative estimate of drug-likeness (QED) is 0.620. The number of alkyl halides is 3. The van der Waals surface area contributed by atoms with Crippen molar-refractivity contribution in [2.24, 2.45) is 11.8 Å². The van der Waals surface area contributed by atoms with E-state index >= 15 is 0 Å². The highest BCUT2D eigenvalue weighted by Crippen LogP contribution is 2.30. The third-order valence-electron chi connectivity index (χ3n) is 2.93. The van der Waals surface area contributed by atoms with Crippen LogP contribution in [0.25, 0.3) is 0 Å². The van der Waals surface area contributed by atoms with E-state index in [1.807, 2.05) is 6.92 Å². The fraction of sp³-hybridized carbons (Fsp3) is 0.538. The Hall–Kier alpha value is -1.11. The molecule has 6 heteroatoms. The van der Waals surface area contributed by atoms with Crippen LogP contribution in [0.4, 0.5) is 13.2 Å². The molecule has 1 aromatic carbocycles. The molecule has 0 heterocycles. The number of hydrazine groups is 1. The highest BCUT2D eigenvalue weighted by Gasteiger charge is 2.30. The molecular formula is C13H19F3N2O. The molecule has 0 aliphatic rings. The van der Waals surface area contributed by atoms with E-state index in [1.54, 1.807) is 7.11 Å². The number of hydrogen-bond donors (Lipinski definition) is 2. The van der Waals surface area contributed by atoms with E-state index in [2.05, 4.69) is 5.43 Å². The molecule has 2 atom stereocenters. The highest BCUT2D eigenvalue weighted by molar-refractivity contribution is 5.26. The molecule has 1 rings (SSSR count). The second kappa shape index (κ2) is 6.88. The van der Waals surface area contributed by atoms with Crippen LogP contribution in [0, 0.1) is 5.92 Å². The van der Waals surface area contributed by atoms with E-state index in [4.69, 9.17) is 10.6 Å². The lowest BCUT2D eigenvalue weighted by Crippen LogP contribution is -2.30. The number of rotatable bonds is 6. The maximum absolute atomic E-state index is 12.5. The molecule has 2 unspecified atom stereocenters. The molecule has 0 aliphatic carbocycles. The summed E-state index contributed by atoms with van der Waals surface area (Å²) < 4.78 is 42.4. The van der Waals surface area contributed by atoms with Gasteiger partial charge in [-0.2, -0.15) is 13.2 Å². The van der Waals surface area contributed by atoms with Crippen molar-refractivity contribution < 1.29 is 17.9 Å². The number of halogens is 3. The zero-order valence-electron chi connectivity index (χ0n) is 11.0. The summed E-state index contributed by atoms with van der Waals surface area (Å²) in [6.07, 6.45) is -3.62. The summed E-state index contributed by atoms with van der Waals surface area (Å²) in [5, 5.41) is 0. The van der Waals surface area contributed by atoms with Crippen molar-refractivity contribution in [1.29, 1.82) is 0 Å². The minimum atomic E-state index is -4.31. The first-order chi connectivity index (χ1) is 8.88. The third-order valence-corrected chi connectivity index (χ3v) is 2.93. The van der Waals surface area contributed by atoms with Gasteiger partial charge in [-0.3, -0.25) is 11.3 Å². The van der Waals surface area contributed by atoms with Gasteiger partial charge in [-0.1, -0.05) is 19.1 Å². The molecule has 19 heavy (non-hydrogen) atoms. The summed E-state index contributed by atoms with van der Waals surface area (Å²) in [4.78, 5) is 0. The van der Waals surface area contributed by atoms with Gasteiger partial charge < -0.3 is 4.74 Å². The van der Waals surface area contributed by atoms with Gasteiger partial charge in [0, 0.05) is 19.8 Å². The molecule has 0 aliphatic heterocycles. The second-order valence-electron chi connectivity index (χ2n) is 4.64. The van der Waals surface area contributed by atoms with Crippen LogP contribution < -0.4 is 11.3 Å². The number of benzene rings is 1. The third kappa shape index (κ3) is 4.81. The summed E-state index contributed by atoms with van der Waals surface area (Å²) >= 11 is 0. The van der Waals surface area contributed by atoms with Crippen LogP contribution in [0.5, 0.6) is 0 Å². The summed E-state index contributed by atoms with van der Waals surface area (Å²) in [5.74, 6) is 5.72. The van der Waals surface area contributed by atoms with Gasteiger partial charge in [0.15, 0.2) is 0 Å². The maximum atomic E-state index is 12.5. The zero-order chi connectivity index (χ0) is 14.5. The van der Waals surface area contributed by atoms with Crippen molar-refractivity contribution in [2.75, 3.05) is 13.7 Å². The summed E-state index contributed by atoms with van der Waals surface area (Å²) in [7, 11) is 1.61. The van der Waals surface area contributed by atoms with Crippen molar-refractivity contribution in [3.05, 3.63) is 35.4 Å². The highest BCUT2D eigenvalue weighted by atomic mass is 19.4. The molecule has 0 bridgehead atoms. The predicted molar refractivity (Wildman–Crippen MR) is 67.2 cm³/mol. The lowest BCUT2D eigenvalue weighted by molar-refractivity contribution is -0.137. The second-order valence-corrected chi connectivity index (χ2v) is 4.64. The smallest absolute Gasteiger partial charge is 0.384 e. The van der Waals surface area contributed by atoms with E-state index in [-0.39, 0.29) is 12.0 Å². The zero-order valence-corrected chi connectivity index (χ0v) is 11.0. The number of nitrogens with one attached hydrogen (secondary N) is 1. The van der Waals surface area contributed by atoms with Gasteiger partial charge in [-0.25, -0.2) is 0 Å². The van der Waals surface area contributed by atoms with Crippen LogP contribution >= 0.6 is 0 Å². The van der Waals surface area contributed by atoms with Crippen LogP contribution in [0.1, 0.15) is 30.5 Å². The predicted octanol–water partition coefficient (Wildman–Crippen LogP) is 2.88. The fourth-order valence-corrected chi connectivity index (χ4v) is 1.96. The summed E-state index contributed by atoms with van der Waals surface area (Å²) in [6, 6.07) is 4.86. The van der Waals surface area contributed by atoms with Crippen molar-refractivity contribution in [1.82, 2.24) is 5.43 Å². The first-order valence-electron chi connectivity index (χ1n) is 6.00. The Morgan fingerprint density at radius 1 is 1.26 bits per heavy atom. The van der Waals surface area contributed by atoms with E-state index in [9.17, 15) is 13.2 Å². The molecular weight excluding hydrogens is 257 g/mol. The van der Waals surface area contributed by atoms with Crippen LogP contribution in [-0.2, 0) is 10.9 Å². The lowest BCUT2D eigenvalue weighted by atomic mass is 9.96. The molecule has 0 spiro atoms. The SMILES string of the molecule is COCC(C)CC(NN)c1ccc(C(F)(F)F)cc1. The molecule has 0 fully saturated rings. The number of ether oxygens (including phenoxy) is 1. The first kappa shape index (κ1) is 15.9. The van der Waals surface area contributed by atoms with Crippen LogP contribution in [0.2, 0.25) is 0 Å². The van der Waals surface area contributed by atoms with Gasteiger partial charge in [-0.05, 0) is 30.0 Å². The van der Waals surface area contributed by atoms with Gasteiger partial charge in [0.05, 0.1) is 5.56 Å². The average Bonchev–Trinajstić information content (AvgIpc) is 2.35. The minimum Gasteiger partial charge on any atom is -0.384 e. The summed E-state index contributed by atoms with van der Waals surface area (Å²) in [5.41, 5.74) is 2.71. The largest absolute Gasteiger partial charge is 0.416 e. The molecule has 1 aromatic rings. The van der Waals surface area contributed by atoms with Crippen LogP contribution in [0.15, 0.2) is 24.3 Å². The monoisotopic (exact) mass is 276 g/mol. The molecule has 0 radical (unpaired) electrons. The molecule has 0 saturated heterocycles. The topological polar surface area (TPSA) is 47.3 Å². The number of hydrogen-bond acceptors (Lipinski definition) is 3. The fourth-order valence-electron chi connectivity index (χ4n) is 1.96. The Balaban J connectivity index is 2.77. The van der Waals surface area contributed by atoms with Gasteiger partial charge >= 0.3 is 6.18 Å². The van der Waals surface area contributed by atoms with Crippen molar-refractivity contribution in [3.8, 4) is 0 Å². The maximum Gasteiger partial charge on any atom is 0.416 e. The Kier molecular flexibility index (Phi) is 5.78. The molecule has 0 aromatic heterocycles. The first-order valence-corrected chi connectivity index (χ1v) is 6.00.